The maximum atomic E-state index is 10.2. The van der Waals surface area contributed by atoms with E-state index in [9.17, 15) is 5.26 Å². The first-order chi connectivity index (χ1) is 19.8. The minimum atomic E-state index is 0.622. The normalized spacial score (nSPS) is 11.5. The number of para-hydroxylation sites is 3. The van der Waals surface area contributed by atoms with E-state index in [0.717, 1.165) is 77.3 Å². The molecule has 0 spiro atoms. The van der Waals surface area contributed by atoms with E-state index < -0.39 is 0 Å². The summed E-state index contributed by atoms with van der Waals surface area (Å²) in [4.78, 5) is 0. The lowest BCUT2D eigenvalue weighted by molar-refractivity contribution is 0.669. The van der Waals surface area contributed by atoms with Crippen molar-refractivity contribution in [3.63, 3.8) is 0 Å². The predicted molar refractivity (Wildman–Crippen MR) is 162 cm³/mol. The van der Waals surface area contributed by atoms with Crippen molar-refractivity contribution in [1.82, 2.24) is 0 Å². The Bertz CT molecular complexity index is 2290. The average molecular weight is 512 g/mol. The second-order valence-electron chi connectivity index (χ2n) is 9.94. The molecule has 0 aliphatic heterocycles. The molecule has 40 heavy (non-hydrogen) atoms. The van der Waals surface area contributed by atoms with E-state index in [1.54, 1.807) is 0 Å². The van der Waals surface area contributed by atoms with E-state index in [2.05, 4.69) is 60.7 Å². The van der Waals surface area contributed by atoms with E-state index in [4.69, 9.17) is 8.83 Å². The molecule has 3 nitrogen and oxygen atoms in total. The Morgan fingerprint density at radius 2 is 0.975 bits per heavy atom. The average Bonchev–Trinajstić information content (AvgIpc) is 3.59. The highest BCUT2D eigenvalue weighted by Crippen LogP contribution is 2.47. The first-order valence-electron chi connectivity index (χ1n) is 13.3. The Morgan fingerprint density at radius 3 is 1.82 bits per heavy atom. The Labute approximate surface area is 230 Å². The van der Waals surface area contributed by atoms with Crippen LogP contribution in [0.15, 0.2) is 136 Å². The van der Waals surface area contributed by atoms with Gasteiger partial charge in [-0.2, -0.15) is 5.26 Å². The molecule has 0 radical (unpaired) electrons. The Balaban J connectivity index is 1.52. The number of nitriles is 1. The summed E-state index contributed by atoms with van der Waals surface area (Å²) in [6.45, 7) is 0. The monoisotopic (exact) mass is 511 g/mol. The van der Waals surface area contributed by atoms with Crippen LogP contribution in [0.2, 0.25) is 0 Å². The van der Waals surface area contributed by atoms with Crippen LogP contribution in [0.1, 0.15) is 5.56 Å². The third kappa shape index (κ3) is 3.24. The molecular formula is C37H21NO2. The van der Waals surface area contributed by atoms with Gasteiger partial charge in [-0.15, -0.1) is 0 Å². The van der Waals surface area contributed by atoms with Gasteiger partial charge in [-0.1, -0.05) is 103 Å². The highest BCUT2D eigenvalue weighted by molar-refractivity contribution is 6.16. The zero-order valence-electron chi connectivity index (χ0n) is 21.4. The van der Waals surface area contributed by atoms with Crippen LogP contribution in [0, 0.1) is 11.3 Å². The van der Waals surface area contributed by atoms with Crippen molar-refractivity contribution in [2.75, 3.05) is 0 Å². The standard InChI is InChI=1S/C37H21NO2/c38-22-23-10-1-2-11-24(23)35-26(27-16-9-21-34-36(27)31-13-4-6-20-33(31)39-34)14-7-15-28(35)30-18-8-17-29-25-12-3-5-19-32(25)40-37(29)30/h1-21H. The van der Waals surface area contributed by atoms with Crippen LogP contribution in [0.25, 0.3) is 77.3 Å². The molecule has 8 rings (SSSR count). The van der Waals surface area contributed by atoms with Gasteiger partial charge in [-0.25, -0.2) is 0 Å². The second-order valence-corrected chi connectivity index (χ2v) is 9.94. The molecule has 0 saturated heterocycles. The quantitative estimate of drug-likeness (QED) is 0.237. The van der Waals surface area contributed by atoms with E-state index in [1.807, 2.05) is 72.8 Å². The Hall–Kier alpha value is -5.59. The highest BCUT2D eigenvalue weighted by atomic mass is 16.3. The molecule has 0 fully saturated rings. The first kappa shape index (κ1) is 22.4. The van der Waals surface area contributed by atoms with Crippen molar-refractivity contribution in [3.8, 4) is 39.4 Å². The molecule has 0 atom stereocenters. The first-order valence-corrected chi connectivity index (χ1v) is 13.3. The Kier molecular flexibility index (Phi) is 4.89. The van der Waals surface area contributed by atoms with Gasteiger partial charge in [-0.3, -0.25) is 0 Å². The second kappa shape index (κ2) is 8.73. The van der Waals surface area contributed by atoms with Gasteiger partial charge < -0.3 is 8.83 Å². The minimum Gasteiger partial charge on any atom is -0.456 e. The zero-order valence-corrected chi connectivity index (χ0v) is 21.4. The lowest BCUT2D eigenvalue weighted by Gasteiger charge is -2.18. The summed E-state index contributed by atoms with van der Waals surface area (Å²) in [6, 6.07) is 45.4. The fourth-order valence-electron chi connectivity index (χ4n) is 6.05. The van der Waals surface area contributed by atoms with E-state index >= 15 is 0 Å². The van der Waals surface area contributed by atoms with Crippen LogP contribution in [-0.2, 0) is 0 Å². The highest BCUT2D eigenvalue weighted by Gasteiger charge is 2.22. The van der Waals surface area contributed by atoms with Gasteiger partial charge in [0.05, 0.1) is 11.6 Å². The van der Waals surface area contributed by atoms with Gasteiger partial charge in [0.1, 0.15) is 22.3 Å². The SMILES string of the molecule is N#Cc1ccccc1-c1c(-c2cccc3c2oc2ccccc23)cccc1-c1cccc2oc3ccccc3c12. The van der Waals surface area contributed by atoms with Crippen LogP contribution in [0.3, 0.4) is 0 Å². The largest absolute Gasteiger partial charge is 0.456 e. The molecule has 3 heteroatoms. The van der Waals surface area contributed by atoms with Gasteiger partial charge in [0.15, 0.2) is 0 Å². The fraction of sp³-hybridized carbons (Fsp3) is 0. The maximum absolute atomic E-state index is 10.2. The van der Waals surface area contributed by atoms with Gasteiger partial charge in [0, 0.05) is 32.7 Å². The van der Waals surface area contributed by atoms with Crippen molar-refractivity contribution in [1.29, 1.82) is 5.26 Å². The molecule has 8 aromatic rings. The number of hydrogen-bond donors (Lipinski definition) is 0. The number of hydrogen-bond acceptors (Lipinski definition) is 3. The number of benzene rings is 6. The van der Waals surface area contributed by atoms with Crippen molar-refractivity contribution < 1.29 is 8.83 Å². The molecule has 0 N–H and O–H groups in total. The van der Waals surface area contributed by atoms with Crippen LogP contribution in [0.5, 0.6) is 0 Å². The lowest BCUT2D eigenvalue weighted by Crippen LogP contribution is -1.94. The summed E-state index contributed by atoms with van der Waals surface area (Å²) in [7, 11) is 0. The van der Waals surface area contributed by atoms with E-state index in [1.165, 1.54) is 0 Å². The molecule has 0 saturated carbocycles. The number of furan rings is 2. The molecule has 186 valence electrons. The van der Waals surface area contributed by atoms with Crippen LogP contribution >= 0.6 is 0 Å². The fourth-order valence-corrected chi connectivity index (χ4v) is 6.05. The lowest BCUT2D eigenvalue weighted by atomic mass is 9.84. The van der Waals surface area contributed by atoms with Gasteiger partial charge in [0.25, 0.3) is 0 Å². The van der Waals surface area contributed by atoms with E-state index in [0.29, 0.717) is 5.56 Å². The maximum Gasteiger partial charge on any atom is 0.143 e. The smallest absolute Gasteiger partial charge is 0.143 e. The number of rotatable bonds is 3. The molecule has 0 bridgehead atoms. The van der Waals surface area contributed by atoms with Gasteiger partial charge in [0.2, 0.25) is 0 Å². The molecule has 6 aromatic carbocycles. The van der Waals surface area contributed by atoms with Crippen molar-refractivity contribution in [2.24, 2.45) is 0 Å². The summed E-state index contributed by atoms with van der Waals surface area (Å²) in [6.07, 6.45) is 0. The van der Waals surface area contributed by atoms with Crippen molar-refractivity contribution in [3.05, 3.63) is 133 Å². The summed E-state index contributed by atoms with van der Waals surface area (Å²) >= 11 is 0. The predicted octanol–water partition coefficient (Wildman–Crippen LogP) is 10.4. The van der Waals surface area contributed by atoms with E-state index in [-0.39, 0.29) is 0 Å². The molecule has 0 amide bonds. The summed E-state index contributed by atoms with van der Waals surface area (Å²) in [5, 5.41) is 14.5. The summed E-state index contributed by atoms with van der Waals surface area (Å²) in [5.41, 5.74) is 9.97. The van der Waals surface area contributed by atoms with Crippen LogP contribution in [0.4, 0.5) is 0 Å². The molecule has 2 heterocycles. The summed E-state index contributed by atoms with van der Waals surface area (Å²) < 4.78 is 12.7. The topological polar surface area (TPSA) is 50.1 Å². The zero-order chi connectivity index (χ0) is 26.6. The third-order valence-corrected chi connectivity index (χ3v) is 7.77. The molecular weight excluding hydrogens is 490 g/mol. The molecule has 2 aromatic heterocycles. The molecule has 0 unspecified atom stereocenters. The van der Waals surface area contributed by atoms with Crippen LogP contribution < -0.4 is 0 Å². The number of nitrogens with zero attached hydrogens (tertiary/aromatic N) is 1. The van der Waals surface area contributed by atoms with Crippen molar-refractivity contribution >= 4 is 43.9 Å². The van der Waals surface area contributed by atoms with Crippen molar-refractivity contribution in [2.45, 2.75) is 0 Å². The molecule has 0 aliphatic carbocycles. The summed E-state index contributed by atoms with van der Waals surface area (Å²) in [5.74, 6) is 0. The Morgan fingerprint density at radius 1 is 0.425 bits per heavy atom. The number of fused-ring (bicyclic) bond motifs is 6. The van der Waals surface area contributed by atoms with Gasteiger partial charge in [-0.05, 0) is 46.5 Å². The minimum absolute atomic E-state index is 0.622. The molecule has 0 aliphatic rings. The third-order valence-electron chi connectivity index (χ3n) is 7.77. The van der Waals surface area contributed by atoms with Crippen LogP contribution in [-0.4, -0.2) is 0 Å². The van der Waals surface area contributed by atoms with Gasteiger partial charge >= 0.3 is 0 Å².